The largest absolute Gasteiger partial charge is 0.491 e. The zero-order chi connectivity index (χ0) is 30.4. The third-order valence-corrected chi connectivity index (χ3v) is 7.57. The van der Waals surface area contributed by atoms with Gasteiger partial charge in [-0.3, -0.25) is 14.4 Å². The molecule has 3 amide bonds. The summed E-state index contributed by atoms with van der Waals surface area (Å²) in [5.41, 5.74) is 6.32. The average Bonchev–Trinajstić information content (AvgIpc) is 3.62. The normalized spacial score (nSPS) is 21.1. The molecule has 1 fully saturated rings. The first kappa shape index (κ1) is 31.1. The molecule has 0 saturated carbocycles. The van der Waals surface area contributed by atoms with Crippen molar-refractivity contribution < 1.29 is 23.9 Å². The molecule has 2 aromatic rings. The van der Waals surface area contributed by atoms with Gasteiger partial charge in [0.15, 0.2) is 11.6 Å². The van der Waals surface area contributed by atoms with E-state index in [-0.39, 0.29) is 31.3 Å². The molecule has 10 nitrogen and oxygen atoms in total. The van der Waals surface area contributed by atoms with Gasteiger partial charge in [0.05, 0.1) is 6.04 Å². The number of benzene rings is 2. The topological polar surface area (TPSA) is 127 Å². The van der Waals surface area contributed by atoms with Crippen LogP contribution in [0.3, 0.4) is 0 Å². The Labute approximate surface area is 251 Å². The highest BCUT2D eigenvalue weighted by Gasteiger charge is 2.49. The number of carbonyl (C=O) groups excluding carboxylic acids is 3. The minimum absolute atomic E-state index is 0.0299. The Morgan fingerprint density at radius 1 is 1.21 bits per heavy atom. The molecule has 224 valence electrons. The maximum Gasteiger partial charge on any atom is 0.254 e. The van der Waals surface area contributed by atoms with Crippen LogP contribution < -0.4 is 11.1 Å². The molecular formula is C31H38ClN5O5. The highest BCUT2D eigenvalue weighted by Crippen LogP contribution is 2.32. The molecular weight excluding hydrogens is 558 g/mol. The van der Waals surface area contributed by atoms with Gasteiger partial charge in [-0.25, -0.2) is 4.99 Å². The zero-order valence-electron chi connectivity index (χ0n) is 24.2. The van der Waals surface area contributed by atoms with Crippen molar-refractivity contribution in [1.29, 1.82) is 0 Å². The zero-order valence-corrected chi connectivity index (χ0v) is 25.0. The number of rotatable bonds is 11. The third kappa shape index (κ3) is 7.11. The number of nitrogens with one attached hydrogen (secondary N) is 1. The highest BCUT2D eigenvalue weighted by atomic mass is 35.5. The van der Waals surface area contributed by atoms with Gasteiger partial charge in [0.25, 0.3) is 11.8 Å². The Kier molecular flexibility index (Phi) is 9.90. The number of hydrogen-bond donors (Lipinski definition) is 2. The van der Waals surface area contributed by atoms with E-state index < -0.39 is 35.5 Å². The van der Waals surface area contributed by atoms with E-state index in [4.69, 9.17) is 31.8 Å². The number of carbonyl (C=O) groups is 3. The number of halogens is 1. The summed E-state index contributed by atoms with van der Waals surface area (Å²) >= 11 is 6.21. The second-order valence-corrected chi connectivity index (χ2v) is 11.4. The van der Waals surface area contributed by atoms with Crippen molar-refractivity contribution in [3.8, 4) is 0 Å². The van der Waals surface area contributed by atoms with Crippen LogP contribution in [0.4, 0.5) is 0 Å². The summed E-state index contributed by atoms with van der Waals surface area (Å²) in [7, 11) is 3.35. The predicted molar refractivity (Wildman–Crippen MR) is 161 cm³/mol. The standard InChI is InChI=1S/C31H38ClN5O5/c1-20(33)27(38)34-26(21(2)41-18-22-10-6-5-7-11-22)29(39)37-15-9-14-25(37)28-35-31(19-42-28,30(40)36(3)4)17-23-12-8-13-24(32)16-23/h5-8,10-13,16,20,25-26H,2,9,14-15,17-19,33H2,1,3-4H3,(H,34,38). The Bertz CT molecular complexity index is 1350. The van der Waals surface area contributed by atoms with Gasteiger partial charge >= 0.3 is 0 Å². The summed E-state index contributed by atoms with van der Waals surface area (Å²) in [4.78, 5) is 48.0. The van der Waals surface area contributed by atoms with Crippen LogP contribution in [0.5, 0.6) is 0 Å². The minimum Gasteiger partial charge on any atom is -0.491 e. The fraction of sp³-hybridized carbons (Fsp3) is 0.419. The fourth-order valence-corrected chi connectivity index (χ4v) is 5.37. The second-order valence-electron chi connectivity index (χ2n) is 10.9. The lowest BCUT2D eigenvalue weighted by molar-refractivity contribution is -0.136. The monoisotopic (exact) mass is 595 g/mol. The van der Waals surface area contributed by atoms with Crippen LogP contribution in [0, 0.1) is 0 Å². The lowest BCUT2D eigenvalue weighted by Crippen LogP contribution is -2.55. The van der Waals surface area contributed by atoms with E-state index in [1.165, 1.54) is 11.8 Å². The van der Waals surface area contributed by atoms with Crippen LogP contribution in [0.2, 0.25) is 5.02 Å². The van der Waals surface area contributed by atoms with Gasteiger partial charge < -0.3 is 30.3 Å². The molecule has 2 aromatic carbocycles. The number of hydrogen-bond acceptors (Lipinski definition) is 7. The number of likely N-dealkylation sites (tertiary alicyclic amines) is 1. The van der Waals surface area contributed by atoms with Gasteiger partial charge in [-0.15, -0.1) is 0 Å². The Balaban J connectivity index is 1.59. The Morgan fingerprint density at radius 2 is 1.93 bits per heavy atom. The number of likely N-dealkylation sites (N-methyl/N-ethyl adjacent to an activating group) is 1. The summed E-state index contributed by atoms with van der Waals surface area (Å²) in [5, 5.41) is 3.25. The van der Waals surface area contributed by atoms with Crippen LogP contribution >= 0.6 is 11.6 Å². The molecule has 2 aliphatic heterocycles. The lowest BCUT2D eigenvalue weighted by atomic mass is 9.91. The van der Waals surface area contributed by atoms with Crippen molar-refractivity contribution in [2.75, 3.05) is 27.2 Å². The molecule has 0 spiro atoms. The summed E-state index contributed by atoms with van der Waals surface area (Å²) in [6.07, 6.45) is 1.55. The highest BCUT2D eigenvalue weighted by molar-refractivity contribution is 6.30. The minimum atomic E-state index is -1.20. The van der Waals surface area contributed by atoms with Gasteiger partial charge in [-0.05, 0) is 43.0 Å². The second kappa shape index (κ2) is 13.4. The smallest absolute Gasteiger partial charge is 0.254 e. The maximum atomic E-state index is 14.0. The van der Waals surface area contributed by atoms with Crippen LogP contribution in [-0.4, -0.2) is 84.3 Å². The van der Waals surface area contributed by atoms with Crippen molar-refractivity contribution in [2.24, 2.45) is 10.7 Å². The van der Waals surface area contributed by atoms with E-state index in [1.807, 2.05) is 42.5 Å². The first-order chi connectivity index (χ1) is 20.0. The van der Waals surface area contributed by atoms with Gasteiger partial charge in [0.2, 0.25) is 11.8 Å². The van der Waals surface area contributed by atoms with Crippen molar-refractivity contribution in [1.82, 2.24) is 15.1 Å². The third-order valence-electron chi connectivity index (χ3n) is 7.33. The first-order valence-electron chi connectivity index (χ1n) is 13.9. The molecule has 4 atom stereocenters. The van der Waals surface area contributed by atoms with Crippen molar-refractivity contribution in [3.63, 3.8) is 0 Å². The van der Waals surface area contributed by atoms with Gasteiger partial charge in [-0.2, -0.15) is 0 Å². The quantitative estimate of drug-likeness (QED) is 0.385. The van der Waals surface area contributed by atoms with Gasteiger partial charge in [0, 0.05) is 32.1 Å². The predicted octanol–water partition coefficient (Wildman–Crippen LogP) is 2.69. The Hall–Kier alpha value is -3.89. The van der Waals surface area contributed by atoms with Crippen LogP contribution in [-0.2, 0) is 36.9 Å². The van der Waals surface area contributed by atoms with E-state index in [0.29, 0.717) is 30.3 Å². The molecule has 0 radical (unpaired) electrons. The summed E-state index contributed by atoms with van der Waals surface area (Å²) in [5.74, 6) is -0.734. The van der Waals surface area contributed by atoms with Crippen LogP contribution in [0.25, 0.3) is 0 Å². The van der Waals surface area contributed by atoms with Crippen LogP contribution in [0.15, 0.2) is 71.9 Å². The SMILES string of the molecule is C=C(OCc1ccccc1)C(NC(=O)C(C)N)C(=O)N1CCCC1C1=NC(Cc2cccc(Cl)c2)(C(=O)N(C)C)CO1. The molecule has 0 bridgehead atoms. The Morgan fingerprint density at radius 3 is 2.60 bits per heavy atom. The van der Waals surface area contributed by atoms with Gasteiger partial charge in [-0.1, -0.05) is 60.6 Å². The van der Waals surface area contributed by atoms with E-state index in [2.05, 4.69) is 11.9 Å². The summed E-state index contributed by atoms with van der Waals surface area (Å²) in [6.45, 7) is 6.12. The number of aliphatic imine (C=N–C) groups is 1. The average molecular weight is 596 g/mol. The molecule has 0 aromatic heterocycles. The fourth-order valence-electron chi connectivity index (χ4n) is 5.16. The first-order valence-corrected chi connectivity index (χ1v) is 14.3. The number of ether oxygens (including phenoxy) is 2. The molecule has 4 rings (SSSR count). The van der Waals surface area contributed by atoms with Crippen molar-refractivity contribution in [2.45, 2.75) is 56.5 Å². The maximum absolute atomic E-state index is 14.0. The molecule has 3 N–H and O–H groups in total. The molecule has 2 aliphatic rings. The molecule has 2 heterocycles. The molecule has 42 heavy (non-hydrogen) atoms. The van der Waals surface area contributed by atoms with E-state index >= 15 is 0 Å². The van der Waals surface area contributed by atoms with E-state index in [1.54, 1.807) is 31.1 Å². The van der Waals surface area contributed by atoms with Gasteiger partial charge in [0.1, 0.15) is 25.0 Å². The van der Waals surface area contributed by atoms with Crippen molar-refractivity contribution >= 4 is 35.2 Å². The molecule has 11 heteroatoms. The summed E-state index contributed by atoms with van der Waals surface area (Å²) < 4.78 is 11.9. The van der Waals surface area contributed by atoms with Crippen LogP contribution in [0.1, 0.15) is 30.9 Å². The molecule has 4 unspecified atom stereocenters. The van der Waals surface area contributed by atoms with Crippen molar-refractivity contribution in [3.05, 3.63) is 83.1 Å². The number of nitrogens with two attached hydrogens (primary N) is 1. The molecule has 1 saturated heterocycles. The number of amides is 3. The summed E-state index contributed by atoms with van der Waals surface area (Å²) in [6, 6.07) is 14.2. The lowest BCUT2D eigenvalue weighted by Gasteiger charge is -2.30. The number of nitrogens with zero attached hydrogens (tertiary/aromatic N) is 3. The van der Waals surface area contributed by atoms with E-state index in [9.17, 15) is 14.4 Å². The molecule has 0 aliphatic carbocycles. The van der Waals surface area contributed by atoms with E-state index in [0.717, 1.165) is 11.1 Å².